The van der Waals surface area contributed by atoms with Crippen molar-refractivity contribution in [2.45, 2.75) is 12.4 Å². The third kappa shape index (κ3) is 5.75. The molecule has 0 unspecified atom stereocenters. The minimum absolute atomic E-state index is 0.444. The quantitative estimate of drug-likeness (QED) is 0.126. The fourth-order valence-electron chi connectivity index (χ4n) is 7.78. The van der Waals surface area contributed by atoms with Crippen LogP contribution in [-0.4, -0.2) is 0 Å². The third-order valence-corrected chi connectivity index (χ3v) is 10.3. The number of hydrogen-bond acceptors (Lipinski definition) is 0. The van der Waals surface area contributed by atoms with Gasteiger partial charge in [0.1, 0.15) is 0 Å². The van der Waals surface area contributed by atoms with E-state index < -0.39 is 23.5 Å². The molecule has 0 atom stereocenters. The molecule has 0 N–H and O–H groups in total. The first-order valence-corrected chi connectivity index (χ1v) is 17.4. The predicted molar refractivity (Wildman–Crippen MR) is 208 cm³/mol. The molecule has 0 heterocycles. The van der Waals surface area contributed by atoms with Crippen LogP contribution in [0.25, 0.3) is 87.6 Å². The highest BCUT2D eigenvalue weighted by molar-refractivity contribution is 6.26. The van der Waals surface area contributed by atoms with E-state index in [0.29, 0.717) is 16.7 Å². The van der Waals surface area contributed by atoms with Crippen LogP contribution in [-0.2, 0) is 12.4 Å². The monoisotopic (exact) mass is 718 g/mol. The fraction of sp³-hybridized carbons (Fsp3) is 0.0417. The van der Waals surface area contributed by atoms with E-state index in [1.807, 2.05) is 97.1 Å². The van der Waals surface area contributed by atoms with E-state index in [1.165, 1.54) is 24.3 Å². The molecule has 0 fully saturated rings. The molecule has 0 aliphatic heterocycles. The number of benzene rings is 9. The molecule has 0 aliphatic carbocycles. The molecule has 0 nitrogen and oxygen atoms in total. The van der Waals surface area contributed by atoms with Gasteiger partial charge in [0, 0.05) is 0 Å². The minimum atomic E-state index is -4.50. The SMILES string of the molecule is FC(F)(F)c1ccc(-c2ccc3c(-c4cccc5ccccc45)c4cc(-c5cccc(C(F)(F)F)c5)ccc4c(-c4cccc5ccccc45)c3c2)cc1. The predicted octanol–water partition coefficient (Wildman–Crippen LogP) is 15.0. The molecule has 0 radical (unpaired) electrons. The van der Waals surface area contributed by atoms with E-state index in [-0.39, 0.29) is 0 Å². The van der Waals surface area contributed by atoms with Crippen molar-refractivity contribution in [3.63, 3.8) is 0 Å². The Morgan fingerprint density at radius 3 is 1.22 bits per heavy atom. The van der Waals surface area contributed by atoms with Gasteiger partial charge >= 0.3 is 12.4 Å². The summed E-state index contributed by atoms with van der Waals surface area (Å²) in [7, 11) is 0. The molecule has 6 heteroatoms. The lowest BCUT2D eigenvalue weighted by Gasteiger charge is -2.21. The highest BCUT2D eigenvalue weighted by Gasteiger charge is 2.31. The Kier molecular flexibility index (Phi) is 7.82. The summed E-state index contributed by atoms with van der Waals surface area (Å²) < 4.78 is 82.2. The topological polar surface area (TPSA) is 0 Å². The first-order valence-electron chi connectivity index (χ1n) is 17.4. The zero-order chi connectivity index (χ0) is 37.2. The van der Waals surface area contributed by atoms with E-state index in [9.17, 15) is 26.3 Å². The van der Waals surface area contributed by atoms with E-state index in [1.54, 1.807) is 6.07 Å². The Labute approximate surface area is 306 Å². The molecule has 262 valence electrons. The van der Waals surface area contributed by atoms with Crippen LogP contribution in [0.2, 0.25) is 0 Å². The Bertz CT molecular complexity index is 2890. The Morgan fingerprint density at radius 2 is 0.704 bits per heavy atom. The fourth-order valence-corrected chi connectivity index (χ4v) is 7.78. The molecule has 9 aromatic rings. The first kappa shape index (κ1) is 33.4. The van der Waals surface area contributed by atoms with Gasteiger partial charge in [0.05, 0.1) is 11.1 Å². The van der Waals surface area contributed by atoms with E-state index in [2.05, 4.69) is 24.3 Å². The smallest absolute Gasteiger partial charge is 0.166 e. The van der Waals surface area contributed by atoms with E-state index >= 15 is 0 Å². The van der Waals surface area contributed by atoms with Crippen LogP contribution in [0.5, 0.6) is 0 Å². The second kappa shape index (κ2) is 12.6. The summed E-state index contributed by atoms with van der Waals surface area (Å²) in [6.45, 7) is 0. The summed E-state index contributed by atoms with van der Waals surface area (Å²) >= 11 is 0. The lowest BCUT2D eigenvalue weighted by molar-refractivity contribution is -0.138. The Morgan fingerprint density at radius 1 is 0.278 bits per heavy atom. The summed E-state index contributed by atoms with van der Waals surface area (Å²) in [6.07, 6.45) is -8.95. The number of halogens is 6. The molecule has 54 heavy (non-hydrogen) atoms. The lowest BCUT2D eigenvalue weighted by Crippen LogP contribution is -2.04. The third-order valence-electron chi connectivity index (χ3n) is 10.3. The second-order valence-corrected chi connectivity index (χ2v) is 13.5. The molecule has 0 bridgehead atoms. The van der Waals surface area contributed by atoms with Gasteiger partial charge in [-0.05, 0) is 124 Å². The first-order chi connectivity index (χ1) is 26.0. The lowest BCUT2D eigenvalue weighted by atomic mass is 9.82. The maximum atomic E-state index is 13.9. The van der Waals surface area contributed by atoms with Crippen molar-refractivity contribution in [1.82, 2.24) is 0 Å². The van der Waals surface area contributed by atoms with Crippen molar-refractivity contribution in [1.29, 1.82) is 0 Å². The van der Waals surface area contributed by atoms with E-state index in [0.717, 1.165) is 89.1 Å². The average molecular weight is 719 g/mol. The van der Waals surface area contributed by atoms with Crippen molar-refractivity contribution in [2.75, 3.05) is 0 Å². The van der Waals surface area contributed by atoms with Gasteiger partial charge in [-0.2, -0.15) is 26.3 Å². The highest BCUT2D eigenvalue weighted by atomic mass is 19.4. The van der Waals surface area contributed by atoms with Crippen LogP contribution in [0.3, 0.4) is 0 Å². The van der Waals surface area contributed by atoms with Crippen molar-refractivity contribution in [3.05, 3.63) is 181 Å². The van der Waals surface area contributed by atoms with Crippen LogP contribution < -0.4 is 0 Å². The van der Waals surface area contributed by atoms with Gasteiger partial charge < -0.3 is 0 Å². The van der Waals surface area contributed by atoms with Gasteiger partial charge in [0.2, 0.25) is 0 Å². The molecule has 0 saturated heterocycles. The Hall–Kier alpha value is -6.40. The number of hydrogen-bond donors (Lipinski definition) is 0. The van der Waals surface area contributed by atoms with Gasteiger partial charge in [0.15, 0.2) is 0 Å². The van der Waals surface area contributed by atoms with Crippen LogP contribution in [0.4, 0.5) is 26.3 Å². The average Bonchev–Trinajstić information content (AvgIpc) is 3.19. The standard InChI is InChI=1S/C48H28F6/c49-47(50,51)35-22-18-29(19-23-35)33-20-24-41-43(27-33)45(39-16-6-10-30-8-1-3-14-37(30)39)42-25-21-34(32-12-5-13-36(26-32)48(52,53)54)28-44(42)46(41)40-17-7-11-31-9-2-4-15-38(31)40/h1-28H. The van der Waals surface area contributed by atoms with Crippen LogP contribution >= 0.6 is 0 Å². The van der Waals surface area contributed by atoms with Crippen LogP contribution in [0, 0.1) is 0 Å². The molecule has 9 rings (SSSR count). The van der Waals surface area contributed by atoms with Crippen molar-refractivity contribution in [3.8, 4) is 44.5 Å². The molecule has 0 aliphatic rings. The number of fused-ring (bicyclic) bond motifs is 4. The number of alkyl halides is 6. The largest absolute Gasteiger partial charge is 0.416 e. The number of rotatable bonds is 4. The van der Waals surface area contributed by atoms with Gasteiger partial charge in [0.25, 0.3) is 0 Å². The van der Waals surface area contributed by atoms with Crippen LogP contribution in [0.15, 0.2) is 170 Å². The van der Waals surface area contributed by atoms with Crippen molar-refractivity contribution >= 4 is 43.1 Å². The van der Waals surface area contributed by atoms with Gasteiger partial charge in [-0.25, -0.2) is 0 Å². The van der Waals surface area contributed by atoms with Gasteiger partial charge in [-0.15, -0.1) is 0 Å². The van der Waals surface area contributed by atoms with Crippen LogP contribution in [0.1, 0.15) is 11.1 Å². The molecule has 0 saturated carbocycles. The van der Waals surface area contributed by atoms with E-state index in [4.69, 9.17) is 0 Å². The normalized spacial score (nSPS) is 12.3. The van der Waals surface area contributed by atoms with Gasteiger partial charge in [-0.3, -0.25) is 0 Å². The summed E-state index contributed by atoms with van der Waals surface area (Å²) in [4.78, 5) is 0. The molecule has 9 aromatic carbocycles. The summed E-state index contributed by atoms with van der Waals surface area (Å²) in [5.41, 5.74) is 4.78. The summed E-state index contributed by atoms with van der Waals surface area (Å²) in [6, 6.07) is 50.8. The second-order valence-electron chi connectivity index (χ2n) is 13.5. The van der Waals surface area contributed by atoms with Crippen molar-refractivity contribution in [2.24, 2.45) is 0 Å². The Balaban J connectivity index is 1.43. The molecule has 0 amide bonds. The maximum Gasteiger partial charge on any atom is 0.416 e. The zero-order valence-electron chi connectivity index (χ0n) is 28.4. The molecule has 0 aromatic heterocycles. The zero-order valence-corrected chi connectivity index (χ0v) is 28.4. The summed E-state index contributed by atoms with van der Waals surface area (Å²) in [5.74, 6) is 0. The molecule has 0 spiro atoms. The maximum absolute atomic E-state index is 13.9. The summed E-state index contributed by atoms with van der Waals surface area (Å²) in [5, 5.41) is 7.64. The highest BCUT2D eigenvalue weighted by Crippen LogP contribution is 2.48. The molecular weight excluding hydrogens is 691 g/mol. The van der Waals surface area contributed by atoms with Gasteiger partial charge in [-0.1, -0.05) is 133 Å². The molecular formula is C48H28F6. The minimum Gasteiger partial charge on any atom is -0.166 e. The van der Waals surface area contributed by atoms with Crippen molar-refractivity contribution < 1.29 is 26.3 Å².